The van der Waals surface area contributed by atoms with Crippen LogP contribution in [0.25, 0.3) is 0 Å². The Morgan fingerprint density at radius 2 is 2.06 bits per heavy atom. The number of hydrogen-bond donors (Lipinski definition) is 0. The monoisotopic (exact) mass is 288 g/mol. The van der Waals surface area contributed by atoms with Gasteiger partial charge in [-0.2, -0.15) is 0 Å². The fourth-order valence-corrected chi connectivity index (χ4v) is 3.55. The van der Waals surface area contributed by atoms with E-state index >= 15 is 0 Å². The Hall–Kier alpha value is -0.670. The van der Waals surface area contributed by atoms with E-state index < -0.39 is 0 Å². The summed E-state index contributed by atoms with van der Waals surface area (Å²) in [6, 6.07) is 0. The van der Waals surface area contributed by atoms with E-state index in [-0.39, 0.29) is 0 Å². The second-order valence-electron chi connectivity index (χ2n) is 3.14. The van der Waals surface area contributed by atoms with Gasteiger partial charge >= 0.3 is 0 Å². The van der Waals surface area contributed by atoms with Gasteiger partial charge in [0.2, 0.25) is 0 Å². The van der Waals surface area contributed by atoms with Crippen molar-refractivity contribution >= 4 is 34.9 Å². The van der Waals surface area contributed by atoms with Crippen LogP contribution in [-0.2, 0) is 12.3 Å². The first-order valence-corrected chi connectivity index (χ1v) is 8.11. The van der Waals surface area contributed by atoms with Crippen molar-refractivity contribution in [2.75, 3.05) is 6.26 Å². The molecule has 17 heavy (non-hydrogen) atoms. The molecule has 2 aromatic rings. The number of aromatic nitrogens is 6. The lowest BCUT2D eigenvalue weighted by molar-refractivity contribution is 0.564. The second-order valence-corrected chi connectivity index (χ2v) is 6.40. The van der Waals surface area contributed by atoms with Gasteiger partial charge in [0, 0.05) is 6.54 Å². The van der Waals surface area contributed by atoms with Gasteiger partial charge in [0.1, 0.15) is 0 Å². The van der Waals surface area contributed by atoms with Crippen molar-refractivity contribution in [2.45, 2.75) is 34.3 Å². The summed E-state index contributed by atoms with van der Waals surface area (Å²) in [5.74, 6) is 1.62. The maximum atomic E-state index is 4.09. The summed E-state index contributed by atoms with van der Waals surface area (Å²) in [5, 5.41) is 19.8. The zero-order valence-corrected chi connectivity index (χ0v) is 12.0. The summed E-state index contributed by atoms with van der Waals surface area (Å²) >= 11 is 4.83. The normalized spacial score (nSPS) is 10.9. The first-order valence-electron chi connectivity index (χ1n) is 5.08. The second kappa shape index (κ2) is 6.31. The largest absolute Gasteiger partial charge is 0.229 e. The third kappa shape index (κ3) is 3.39. The van der Waals surface area contributed by atoms with Gasteiger partial charge in [0.25, 0.3) is 0 Å². The van der Waals surface area contributed by atoms with E-state index in [0.29, 0.717) is 0 Å². The highest BCUT2D eigenvalue weighted by Gasteiger charge is 2.09. The van der Waals surface area contributed by atoms with Gasteiger partial charge < -0.3 is 0 Å². The minimum absolute atomic E-state index is 0.732. The maximum absolute atomic E-state index is 4.09. The number of rotatable bonds is 6. The predicted molar refractivity (Wildman–Crippen MR) is 69.4 cm³/mol. The van der Waals surface area contributed by atoms with Crippen LogP contribution in [-0.4, -0.2) is 36.7 Å². The number of hydrogen-bond acceptors (Lipinski definition) is 8. The van der Waals surface area contributed by atoms with E-state index in [2.05, 4.69) is 32.6 Å². The summed E-state index contributed by atoms with van der Waals surface area (Å²) in [6.45, 7) is 2.96. The van der Waals surface area contributed by atoms with Crippen molar-refractivity contribution in [3.63, 3.8) is 0 Å². The molecule has 2 rings (SSSR count). The Bertz CT molecular complexity index is 467. The minimum Gasteiger partial charge on any atom is -0.229 e. The van der Waals surface area contributed by atoms with Crippen LogP contribution in [0.15, 0.2) is 8.68 Å². The van der Waals surface area contributed by atoms with E-state index in [1.807, 2.05) is 10.9 Å². The standard InChI is InChI=1S/C8H12N6S3/c1-3-4-14-6(9-12-13-14)5-16-8-11-10-7(15-2)17-8/h3-5H2,1-2H3. The van der Waals surface area contributed by atoms with Crippen LogP contribution in [0.3, 0.4) is 0 Å². The molecule has 2 heterocycles. The van der Waals surface area contributed by atoms with Crippen LogP contribution in [0.1, 0.15) is 19.2 Å². The van der Waals surface area contributed by atoms with Crippen molar-refractivity contribution in [1.82, 2.24) is 30.4 Å². The molecule has 0 aliphatic carbocycles. The molecule has 0 aliphatic heterocycles. The number of aryl methyl sites for hydroxylation is 1. The molecule has 0 radical (unpaired) electrons. The summed E-state index contributed by atoms with van der Waals surface area (Å²) in [7, 11) is 0. The van der Waals surface area contributed by atoms with Crippen molar-refractivity contribution in [2.24, 2.45) is 0 Å². The van der Waals surface area contributed by atoms with Gasteiger partial charge in [-0.15, -0.1) is 15.3 Å². The zero-order chi connectivity index (χ0) is 12.1. The van der Waals surface area contributed by atoms with Crippen LogP contribution >= 0.6 is 34.9 Å². The lowest BCUT2D eigenvalue weighted by Crippen LogP contribution is -2.04. The molecule has 0 spiro atoms. The molecule has 0 N–H and O–H groups in total. The minimum atomic E-state index is 0.732. The molecule has 0 amide bonds. The van der Waals surface area contributed by atoms with Gasteiger partial charge in [-0.05, 0) is 23.1 Å². The van der Waals surface area contributed by atoms with E-state index in [0.717, 1.165) is 33.2 Å². The Morgan fingerprint density at radius 1 is 1.24 bits per heavy atom. The number of nitrogens with zero attached hydrogens (tertiary/aromatic N) is 6. The smallest absolute Gasteiger partial charge is 0.175 e. The van der Waals surface area contributed by atoms with Gasteiger partial charge in [0.05, 0.1) is 5.75 Å². The maximum Gasteiger partial charge on any atom is 0.175 e. The van der Waals surface area contributed by atoms with E-state index in [9.17, 15) is 0 Å². The van der Waals surface area contributed by atoms with Crippen molar-refractivity contribution in [3.8, 4) is 0 Å². The Morgan fingerprint density at radius 3 is 2.76 bits per heavy atom. The third-order valence-corrected chi connectivity index (χ3v) is 4.96. The van der Waals surface area contributed by atoms with Crippen LogP contribution < -0.4 is 0 Å². The first kappa shape index (κ1) is 12.8. The summed E-state index contributed by atoms with van der Waals surface area (Å²) in [5.41, 5.74) is 0. The molecule has 0 saturated heterocycles. The van der Waals surface area contributed by atoms with E-state index in [1.165, 1.54) is 0 Å². The average molecular weight is 288 g/mol. The molecule has 0 atom stereocenters. The Kier molecular flexibility index (Phi) is 4.75. The molecule has 0 unspecified atom stereocenters. The first-order chi connectivity index (χ1) is 8.33. The molecule has 9 heteroatoms. The third-order valence-electron chi connectivity index (χ3n) is 1.93. The molecule has 0 saturated carbocycles. The van der Waals surface area contributed by atoms with Gasteiger partial charge in [-0.1, -0.05) is 41.8 Å². The predicted octanol–water partition coefficient (Wildman–Crippen LogP) is 1.95. The molecule has 0 bridgehead atoms. The number of tetrazole rings is 1. The molecule has 0 aliphatic rings. The quantitative estimate of drug-likeness (QED) is 0.752. The fraction of sp³-hybridized carbons (Fsp3) is 0.625. The Labute approximate surface area is 112 Å². The van der Waals surface area contributed by atoms with Crippen LogP contribution in [0.4, 0.5) is 0 Å². The van der Waals surface area contributed by atoms with Gasteiger partial charge in [-0.25, -0.2) is 4.68 Å². The molecule has 0 fully saturated rings. The van der Waals surface area contributed by atoms with Crippen LogP contribution in [0.2, 0.25) is 0 Å². The lowest BCUT2D eigenvalue weighted by atomic mass is 10.5. The van der Waals surface area contributed by atoms with Crippen molar-refractivity contribution in [3.05, 3.63) is 5.82 Å². The summed E-state index contributed by atoms with van der Waals surface area (Å²) in [6.07, 6.45) is 3.02. The highest BCUT2D eigenvalue weighted by Crippen LogP contribution is 2.28. The average Bonchev–Trinajstić information content (AvgIpc) is 2.95. The highest BCUT2D eigenvalue weighted by molar-refractivity contribution is 8.02. The number of thioether (sulfide) groups is 2. The fourth-order valence-electron chi connectivity index (χ4n) is 1.18. The SMILES string of the molecule is CCCn1nnnc1CSc1nnc(SC)s1. The van der Waals surface area contributed by atoms with Gasteiger partial charge in [0.15, 0.2) is 14.5 Å². The summed E-state index contributed by atoms with van der Waals surface area (Å²) < 4.78 is 3.78. The Balaban J connectivity index is 1.94. The van der Waals surface area contributed by atoms with Gasteiger partial charge in [-0.3, -0.25) is 0 Å². The van der Waals surface area contributed by atoms with Crippen molar-refractivity contribution < 1.29 is 0 Å². The molecule has 0 aromatic carbocycles. The summed E-state index contributed by atoms with van der Waals surface area (Å²) in [4.78, 5) is 0. The highest BCUT2D eigenvalue weighted by atomic mass is 32.2. The van der Waals surface area contributed by atoms with Crippen LogP contribution in [0.5, 0.6) is 0 Å². The van der Waals surface area contributed by atoms with Crippen molar-refractivity contribution in [1.29, 1.82) is 0 Å². The molecule has 92 valence electrons. The lowest BCUT2D eigenvalue weighted by Gasteiger charge is -2.00. The molecular weight excluding hydrogens is 276 g/mol. The van der Waals surface area contributed by atoms with E-state index in [4.69, 9.17) is 0 Å². The molecule has 6 nitrogen and oxygen atoms in total. The zero-order valence-electron chi connectivity index (χ0n) is 9.53. The molecule has 2 aromatic heterocycles. The molecular formula is C8H12N6S3. The van der Waals surface area contributed by atoms with Crippen LogP contribution in [0, 0.1) is 0 Å². The topological polar surface area (TPSA) is 69.4 Å². The van der Waals surface area contributed by atoms with E-state index in [1.54, 1.807) is 34.9 Å².